The second kappa shape index (κ2) is 7.75. The van der Waals surface area contributed by atoms with E-state index >= 15 is 0 Å². The van der Waals surface area contributed by atoms with Crippen molar-refractivity contribution in [2.24, 2.45) is 0 Å². The number of hydrogen-bond donors (Lipinski definition) is 3. The lowest BCUT2D eigenvalue weighted by Gasteiger charge is -2.34. The molecular formula is C24H26BNO3. The van der Waals surface area contributed by atoms with Gasteiger partial charge in [0, 0.05) is 11.8 Å². The molecule has 1 fully saturated rings. The number of aliphatic hydroxyl groups is 3. The standard InChI is InChI=1S/C24H26BNO3/c25-23(13-5-2-6-14-23)19-11-9-17(10-12-19)20-15-22(18-7-3-1-4-8-18)26-16-21(20)24(27,28)29/h1,3-4,7-12,15-16,27-29H,2,5-6,13-14,25H2. The first-order valence-electron chi connectivity index (χ1n) is 10.2. The van der Waals surface area contributed by atoms with Gasteiger partial charge < -0.3 is 15.3 Å². The molecule has 0 radical (unpaired) electrons. The number of benzene rings is 2. The van der Waals surface area contributed by atoms with Crippen LogP contribution in [0, 0.1) is 0 Å². The van der Waals surface area contributed by atoms with Crippen molar-refractivity contribution in [3.05, 3.63) is 78.0 Å². The van der Waals surface area contributed by atoms with Crippen molar-refractivity contribution in [2.45, 2.75) is 43.4 Å². The van der Waals surface area contributed by atoms with Gasteiger partial charge in [-0.2, -0.15) is 0 Å². The van der Waals surface area contributed by atoms with Crippen LogP contribution < -0.4 is 0 Å². The van der Waals surface area contributed by atoms with Crippen LogP contribution in [-0.2, 0) is 11.3 Å². The lowest BCUT2D eigenvalue weighted by Crippen LogP contribution is -2.29. The van der Waals surface area contributed by atoms with Crippen LogP contribution in [0.4, 0.5) is 0 Å². The Hall–Kier alpha value is -2.47. The summed E-state index contributed by atoms with van der Waals surface area (Å²) in [6.07, 6.45) is 7.54. The third-order valence-electron chi connectivity index (χ3n) is 6.18. The minimum atomic E-state index is -2.95. The summed E-state index contributed by atoms with van der Waals surface area (Å²) in [5.74, 6) is -2.95. The van der Waals surface area contributed by atoms with Crippen LogP contribution in [-0.4, -0.2) is 28.1 Å². The molecule has 0 amide bonds. The zero-order chi connectivity index (χ0) is 20.5. The minimum absolute atomic E-state index is 0.0335. The van der Waals surface area contributed by atoms with Gasteiger partial charge in [-0.15, -0.1) is 0 Å². The highest BCUT2D eigenvalue weighted by Crippen LogP contribution is 2.38. The molecule has 4 nitrogen and oxygen atoms in total. The van der Waals surface area contributed by atoms with Crippen molar-refractivity contribution in [3.8, 4) is 22.4 Å². The van der Waals surface area contributed by atoms with Crippen LogP contribution in [0.15, 0.2) is 66.9 Å². The van der Waals surface area contributed by atoms with Gasteiger partial charge in [0.15, 0.2) is 0 Å². The van der Waals surface area contributed by atoms with Crippen molar-refractivity contribution in [2.75, 3.05) is 0 Å². The average Bonchev–Trinajstić information content (AvgIpc) is 2.74. The van der Waals surface area contributed by atoms with Crippen molar-refractivity contribution in [3.63, 3.8) is 0 Å². The molecule has 29 heavy (non-hydrogen) atoms. The van der Waals surface area contributed by atoms with Gasteiger partial charge in [0.1, 0.15) is 7.85 Å². The van der Waals surface area contributed by atoms with Crippen LogP contribution in [0.1, 0.15) is 43.2 Å². The first-order valence-corrected chi connectivity index (χ1v) is 10.2. The zero-order valence-corrected chi connectivity index (χ0v) is 16.7. The van der Waals surface area contributed by atoms with E-state index in [4.69, 9.17) is 0 Å². The molecule has 2 aromatic carbocycles. The largest absolute Gasteiger partial charge is 0.340 e. The molecule has 148 valence electrons. The number of hydrogen-bond acceptors (Lipinski definition) is 4. The molecule has 1 aliphatic carbocycles. The van der Waals surface area contributed by atoms with Gasteiger partial charge in [0.25, 0.3) is 0 Å². The first-order chi connectivity index (χ1) is 13.9. The molecule has 0 bridgehead atoms. The molecule has 5 heteroatoms. The Kier molecular flexibility index (Phi) is 5.30. The van der Waals surface area contributed by atoms with E-state index in [1.807, 2.05) is 42.5 Å². The van der Waals surface area contributed by atoms with Gasteiger partial charge in [0.05, 0.1) is 11.3 Å². The van der Waals surface area contributed by atoms with Crippen LogP contribution in [0.2, 0.25) is 0 Å². The summed E-state index contributed by atoms with van der Waals surface area (Å²) in [6, 6.07) is 19.7. The van der Waals surface area contributed by atoms with Crippen molar-refractivity contribution in [1.82, 2.24) is 4.98 Å². The summed E-state index contributed by atoms with van der Waals surface area (Å²) in [6.45, 7) is 0. The molecule has 0 saturated heterocycles. The maximum absolute atomic E-state index is 9.86. The fraction of sp³-hybridized carbons (Fsp3) is 0.292. The molecule has 1 aromatic heterocycles. The molecule has 3 aromatic rings. The Bertz CT molecular complexity index is 975. The molecule has 0 atom stereocenters. The monoisotopic (exact) mass is 387 g/mol. The zero-order valence-electron chi connectivity index (χ0n) is 16.7. The van der Waals surface area contributed by atoms with Gasteiger partial charge in [0.2, 0.25) is 0 Å². The van der Waals surface area contributed by atoms with Crippen LogP contribution in [0.25, 0.3) is 22.4 Å². The molecule has 1 saturated carbocycles. The Balaban J connectivity index is 1.76. The number of aromatic nitrogens is 1. The predicted octanol–water partition coefficient (Wildman–Crippen LogP) is 3.30. The fourth-order valence-electron chi connectivity index (χ4n) is 4.40. The van der Waals surface area contributed by atoms with Crippen molar-refractivity contribution in [1.29, 1.82) is 0 Å². The normalized spacial score (nSPS) is 16.5. The predicted molar refractivity (Wildman–Crippen MR) is 117 cm³/mol. The molecule has 1 aliphatic rings. The quantitative estimate of drug-likeness (QED) is 0.475. The Labute approximate surface area is 172 Å². The summed E-state index contributed by atoms with van der Waals surface area (Å²) >= 11 is 0. The van der Waals surface area contributed by atoms with Crippen LogP contribution in [0.5, 0.6) is 0 Å². The van der Waals surface area contributed by atoms with Gasteiger partial charge in [-0.05, 0) is 28.1 Å². The van der Waals surface area contributed by atoms with E-state index in [9.17, 15) is 15.3 Å². The third-order valence-corrected chi connectivity index (χ3v) is 6.18. The molecule has 0 aliphatic heterocycles. The van der Waals surface area contributed by atoms with E-state index in [1.165, 1.54) is 43.9 Å². The first kappa shape index (κ1) is 19.8. The van der Waals surface area contributed by atoms with E-state index < -0.39 is 5.97 Å². The molecule has 1 heterocycles. The van der Waals surface area contributed by atoms with Gasteiger partial charge in [-0.25, -0.2) is 0 Å². The highest BCUT2D eigenvalue weighted by atomic mass is 16.7. The lowest BCUT2D eigenvalue weighted by atomic mass is 9.57. The Morgan fingerprint density at radius 2 is 1.48 bits per heavy atom. The smallest absolute Gasteiger partial charge is 0.306 e. The molecule has 0 unspecified atom stereocenters. The van der Waals surface area contributed by atoms with E-state index in [1.54, 1.807) is 6.07 Å². The van der Waals surface area contributed by atoms with E-state index in [0.717, 1.165) is 11.1 Å². The van der Waals surface area contributed by atoms with E-state index in [2.05, 4.69) is 25.0 Å². The Morgan fingerprint density at radius 3 is 2.10 bits per heavy atom. The van der Waals surface area contributed by atoms with Crippen molar-refractivity contribution < 1.29 is 15.3 Å². The highest BCUT2D eigenvalue weighted by Gasteiger charge is 2.30. The summed E-state index contributed by atoms with van der Waals surface area (Å²) in [4.78, 5) is 4.32. The van der Waals surface area contributed by atoms with Crippen LogP contribution in [0.3, 0.4) is 0 Å². The molecule has 3 N–H and O–H groups in total. The number of rotatable bonds is 4. The molecule has 0 spiro atoms. The van der Waals surface area contributed by atoms with Gasteiger partial charge in [-0.1, -0.05) is 86.7 Å². The number of nitrogens with zero attached hydrogens (tertiary/aromatic N) is 1. The highest BCUT2D eigenvalue weighted by molar-refractivity contribution is 6.16. The average molecular weight is 387 g/mol. The Morgan fingerprint density at radius 1 is 0.828 bits per heavy atom. The summed E-state index contributed by atoms with van der Waals surface area (Å²) in [5, 5.41) is 29.8. The third kappa shape index (κ3) is 4.13. The summed E-state index contributed by atoms with van der Waals surface area (Å²) in [5.41, 5.74) is 4.26. The summed E-state index contributed by atoms with van der Waals surface area (Å²) in [7, 11) is 2.33. The second-order valence-electron chi connectivity index (χ2n) is 8.32. The maximum Gasteiger partial charge on any atom is 0.306 e. The lowest BCUT2D eigenvalue weighted by molar-refractivity contribution is -0.323. The van der Waals surface area contributed by atoms with Gasteiger partial charge >= 0.3 is 5.97 Å². The number of pyridine rings is 1. The van der Waals surface area contributed by atoms with Gasteiger partial charge in [-0.3, -0.25) is 4.98 Å². The maximum atomic E-state index is 9.86. The van der Waals surface area contributed by atoms with Crippen LogP contribution >= 0.6 is 0 Å². The summed E-state index contributed by atoms with van der Waals surface area (Å²) < 4.78 is 0. The van der Waals surface area contributed by atoms with E-state index in [0.29, 0.717) is 11.3 Å². The molecule has 4 rings (SSSR count). The molecular weight excluding hydrogens is 361 g/mol. The topological polar surface area (TPSA) is 73.6 Å². The SMILES string of the molecule is BC1(c2ccc(-c3cc(-c4ccccc4)ncc3C(O)(O)O)cc2)CCCCC1. The second-order valence-corrected chi connectivity index (χ2v) is 8.32. The fourth-order valence-corrected chi connectivity index (χ4v) is 4.40. The minimum Gasteiger partial charge on any atom is -0.340 e. The van der Waals surface area contributed by atoms with E-state index in [-0.39, 0.29) is 10.9 Å². The van der Waals surface area contributed by atoms with Crippen molar-refractivity contribution >= 4 is 7.85 Å².